The van der Waals surface area contributed by atoms with Crippen molar-refractivity contribution in [3.8, 4) is 5.75 Å². The molecule has 1 aromatic heterocycles. The van der Waals surface area contributed by atoms with Crippen LogP contribution in [0.15, 0.2) is 35.2 Å². The number of methoxy groups -OCH3 is 1. The summed E-state index contributed by atoms with van der Waals surface area (Å²) in [6.45, 7) is 2.85. The van der Waals surface area contributed by atoms with Crippen LogP contribution in [0.25, 0.3) is 0 Å². The Bertz CT molecular complexity index is 1330. The maximum absolute atomic E-state index is 13.7. The molecule has 2 N–H and O–H groups in total. The lowest BCUT2D eigenvalue weighted by molar-refractivity contribution is -0.140. The number of anilines is 1. The first kappa shape index (κ1) is 29.3. The molecule has 2 aliphatic heterocycles. The Morgan fingerprint density at radius 3 is 2.69 bits per heavy atom. The summed E-state index contributed by atoms with van der Waals surface area (Å²) in [4.78, 5) is 42.0. The third-order valence-electron chi connectivity index (χ3n) is 6.58. The number of thiophene rings is 1. The van der Waals surface area contributed by atoms with Gasteiger partial charge in [-0.15, -0.1) is 11.3 Å². The van der Waals surface area contributed by atoms with Crippen LogP contribution in [0.1, 0.15) is 35.9 Å². The molecule has 2 atom stereocenters. The average Bonchev–Trinajstić information content (AvgIpc) is 3.37. The molecule has 11 nitrogen and oxygen atoms in total. The lowest BCUT2D eigenvalue weighted by Gasteiger charge is -2.36. The SMILES string of the molecule is COc1c(N2CCCCC2=O)cccc1S(=O)(=O)N[C@@H](CNC(=O)c1ccc(Cl)s1)C(=O)N1CCOC[C@@H]1C. The number of hydrogen-bond acceptors (Lipinski definition) is 8. The zero-order valence-electron chi connectivity index (χ0n) is 21.6. The topological polar surface area (TPSA) is 134 Å². The highest BCUT2D eigenvalue weighted by Gasteiger charge is 2.35. The van der Waals surface area contributed by atoms with Gasteiger partial charge >= 0.3 is 0 Å². The molecule has 0 radical (unpaired) electrons. The lowest BCUT2D eigenvalue weighted by Crippen LogP contribution is -2.58. The van der Waals surface area contributed by atoms with Gasteiger partial charge in [-0.2, -0.15) is 4.72 Å². The molecule has 0 bridgehead atoms. The molecule has 3 amide bonds. The van der Waals surface area contributed by atoms with Gasteiger partial charge in [-0.1, -0.05) is 17.7 Å². The highest BCUT2D eigenvalue weighted by molar-refractivity contribution is 7.89. The van der Waals surface area contributed by atoms with Crippen LogP contribution in [-0.4, -0.2) is 83.1 Å². The maximum atomic E-state index is 13.7. The van der Waals surface area contributed by atoms with E-state index in [4.69, 9.17) is 21.1 Å². The Balaban J connectivity index is 1.63. The number of ether oxygens (including phenoxy) is 2. The van der Waals surface area contributed by atoms with Crippen molar-refractivity contribution >= 4 is 56.4 Å². The van der Waals surface area contributed by atoms with Crippen molar-refractivity contribution in [3.63, 3.8) is 0 Å². The largest absolute Gasteiger partial charge is 0.493 e. The second-order valence-corrected chi connectivity index (χ2v) is 12.7. The van der Waals surface area contributed by atoms with Crippen molar-refractivity contribution in [1.29, 1.82) is 0 Å². The van der Waals surface area contributed by atoms with E-state index in [9.17, 15) is 22.8 Å². The third-order valence-corrected chi connectivity index (χ3v) is 9.30. The van der Waals surface area contributed by atoms with Crippen molar-refractivity contribution in [1.82, 2.24) is 14.9 Å². The van der Waals surface area contributed by atoms with Gasteiger partial charge in [0.1, 0.15) is 10.9 Å². The summed E-state index contributed by atoms with van der Waals surface area (Å²) in [5.41, 5.74) is 0.345. The number of nitrogens with zero attached hydrogens (tertiary/aromatic N) is 2. The van der Waals surface area contributed by atoms with Gasteiger partial charge in [0.15, 0.2) is 5.75 Å². The number of hydrogen-bond donors (Lipinski definition) is 2. The van der Waals surface area contributed by atoms with E-state index in [2.05, 4.69) is 10.0 Å². The molecule has 3 heterocycles. The number of para-hydroxylation sites is 1. The van der Waals surface area contributed by atoms with Gasteiger partial charge in [-0.25, -0.2) is 8.42 Å². The first-order valence-electron chi connectivity index (χ1n) is 12.5. The van der Waals surface area contributed by atoms with E-state index >= 15 is 0 Å². The van der Waals surface area contributed by atoms with E-state index in [-0.39, 0.29) is 35.7 Å². The molecule has 2 fully saturated rings. The molecular formula is C25H31ClN4O7S2. The number of rotatable bonds is 9. The van der Waals surface area contributed by atoms with E-state index < -0.39 is 27.9 Å². The van der Waals surface area contributed by atoms with Crippen molar-refractivity contribution < 1.29 is 32.3 Å². The normalized spacial score (nSPS) is 19.1. The monoisotopic (exact) mass is 598 g/mol. The molecule has 0 spiro atoms. The van der Waals surface area contributed by atoms with E-state index in [1.165, 1.54) is 29.0 Å². The fourth-order valence-electron chi connectivity index (χ4n) is 4.60. The molecule has 2 aliphatic rings. The molecule has 0 saturated carbocycles. The number of morpholine rings is 1. The van der Waals surface area contributed by atoms with Crippen molar-refractivity contribution in [2.75, 3.05) is 44.9 Å². The minimum absolute atomic E-state index is 0.00320. The number of sulfonamides is 1. The summed E-state index contributed by atoms with van der Waals surface area (Å²) < 4.78 is 41.2. The number of carbonyl (C=O) groups is 3. The molecule has 4 rings (SSSR count). The predicted octanol–water partition coefficient (Wildman–Crippen LogP) is 2.25. The molecule has 14 heteroatoms. The molecule has 0 unspecified atom stereocenters. The van der Waals surface area contributed by atoms with Gasteiger partial charge in [-0.05, 0) is 44.0 Å². The number of benzene rings is 1. The number of piperidine rings is 1. The second-order valence-electron chi connectivity index (χ2n) is 9.25. The van der Waals surface area contributed by atoms with Crippen LogP contribution in [0.5, 0.6) is 5.75 Å². The van der Waals surface area contributed by atoms with Crippen LogP contribution in [0, 0.1) is 0 Å². The van der Waals surface area contributed by atoms with E-state index in [1.54, 1.807) is 25.1 Å². The second kappa shape index (κ2) is 12.6. The molecule has 0 aliphatic carbocycles. The van der Waals surface area contributed by atoms with E-state index in [1.807, 2.05) is 0 Å². The molecular weight excluding hydrogens is 568 g/mol. The Hall–Kier alpha value is -2.71. The zero-order valence-corrected chi connectivity index (χ0v) is 24.0. The van der Waals surface area contributed by atoms with Gasteiger partial charge in [0.2, 0.25) is 21.8 Å². The minimum atomic E-state index is -4.35. The first-order valence-corrected chi connectivity index (χ1v) is 15.2. The smallest absolute Gasteiger partial charge is 0.261 e. The lowest BCUT2D eigenvalue weighted by atomic mass is 10.1. The summed E-state index contributed by atoms with van der Waals surface area (Å²) in [6.07, 6.45) is 1.92. The summed E-state index contributed by atoms with van der Waals surface area (Å²) >= 11 is 7.00. The summed E-state index contributed by atoms with van der Waals surface area (Å²) in [7, 11) is -3.02. The highest BCUT2D eigenvalue weighted by Crippen LogP contribution is 2.36. The standard InChI is InChI=1S/C25H31ClN4O7S2/c1-16-15-37-13-12-29(16)25(33)17(14-27-24(32)19-9-10-21(26)38-19)28-39(34,35)20-7-5-6-18(23(20)36-2)30-11-4-3-8-22(30)31/h5-7,9-10,16-17,28H,3-4,8,11-15H2,1-2H3,(H,27,32)/t16-,17-/m0/s1. The fraction of sp³-hybridized carbons (Fsp3) is 0.480. The van der Waals surface area contributed by atoms with Crippen molar-refractivity contribution in [3.05, 3.63) is 39.5 Å². The Labute approximate surface area is 236 Å². The van der Waals surface area contributed by atoms with Crippen LogP contribution in [0.2, 0.25) is 4.34 Å². The molecule has 2 aromatic rings. The van der Waals surface area contributed by atoms with Crippen molar-refractivity contribution in [2.45, 2.75) is 43.2 Å². The maximum Gasteiger partial charge on any atom is 0.261 e. The molecule has 212 valence electrons. The Morgan fingerprint density at radius 1 is 1.23 bits per heavy atom. The minimum Gasteiger partial charge on any atom is -0.493 e. The van der Waals surface area contributed by atoms with Gasteiger partial charge in [0.05, 0.1) is 41.3 Å². The number of nitrogens with one attached hydrogen (secondary N) is 2. The van der Waals surface area contributed by atoms with Crippen LogP contribution in [0.3, 0.4) is 0 Å². The summed E-state index contributed by atoms with van der Waals surface area (Å²) in [5, 5.41) is 2.64. The molecule has 39 heavy (non-hydrogen) atoms. The predicted molar refractivity (Wildman–Crippen MR) is 147 cm³/mol. The van der Waals surface area contributed by atoms with E-state index in [0.717, 1.165) is 24.2 Å². The fourth-order valence-corrected chi connectivity index (χ4v) is 6.93. The number of amides is 3. The van der Waals surface area contributed by atoms with Crippen molar-refractivity contribution in [2.24, 2.45) is 0 Å². The first-order chi connectivity index (χ1) is 18.6. The summed E-state index contributed by atoms with van der Waals surface area (Å²) in [6, 6.07) is 6.03. The highest BCUT2D eigenvalue weighted by atomic mass is 35.5. The average molecular weight is 599 g/mol. The van der Waals surface area contributed by atoms with Crippen LogP contribution in [-0.2, 0) is 24.3 Å². The van der Waals surface area contributed by atoms with Gasteiger partial charge in [0, 0.05) is 26.1 Å². The summed E-state index contributed by atoms with van der Waals surface area (Å²) in [5.74, 6) is -1.10. The third kappa shape index (κ3) is 6.72. The van der Waals surface area contributed by atoms with Gasteiger partial charge in [0.25, 0.3) is 5.91 Å². The number of carbonyl (C=O) groups excluding carboxylic acids is 3. The molecule has 2 saturated heterocycles. The zero-order chi connectivity index (χ0) is 28.2. The number of halogens is 1. The quantitative estimate of drug-likeness (QED) is 0.452. The Kier molecular flexibility index (Phi) is 9.49. The Morgan fingerprint density at radius 2 is 2.03 bits per heavy atom. The van der Waals surface area contributed by atoms with Crippen LogP contribution >= 0.6 is 22.9 Å². The van der Waals surface area contributed by atoms with Gasteiger partial charge in [-0.3, -0.25) is 14.4 Å². The van der Waals surface area contributed by atoms with Gasteiger partial charge < -0.3 is 24.6 Å². The molecule has 1 aromatic carbocycles. The van der Waals surface area contributed by atoms with E-state index in [0.29, 0.717) is 41.1 Å². The van der Waals surface area contributed by atoms with Crippen LogP contribution in [0.4, 0.5) is 5.69 Å². The van der Waals surface area contributed by atoms with Crippen LogP contribution < -0.4 is 19.7 Å².